The van der Waals surface area contributed by atoms with Gasteiger partial charge in [0.25, 0.3) is 0 Å². The molecule has 2 aromatic rings. The Bertz CT molecular complexity index is 1180. The van der Waals surface area contributed by atoms with E-state index in [2.05, 4.69) is 20.9 Å². The molecule has 0 radical (unpaired) electrons. The molecule has 11 nitrogen and oxygen atoms in total. The van der Waals surface area contributed by atoms with Crippen LogP contribution in [0, 0.1) is 5.92 Å². The van der Waals surface area contributed by atoms with E-state index in [0.717, 1.165) is 12.0 Å². The Labute approximate surface area is 239 Å². The van der Waals surface area contributed by atoms with Crippen molar-refractivity contribution in [2.75, 3.05) is 13.2 Å². The molecule has 1 aromatic carbocycles. The minimum Gasteiger partial charge on any atom is -0.466 e. The van der Waals surface area contributed by atoms with Crippen LogP contribution in [0.5, 0.6) is 0 Å². The number of rotatable bonds is 15. The predicted molar refractivity (Wildman–Crippen MR) is 149 cm³/mol. The van der Waals surface area contributed by atoms with Crippen molar-refractivity contribution in [1.82, 2.24) is 20.9 Å². The highest BCUT2D eigenvalue weighted by Gasteiger charge is 2.31. The van der Waals surface area contributed by atoms with Crippen molar-refractivity contribution in [3.8, 4) is 0 Å². The van der Waals surface area contributed by atoms with E-state index in [1.165, 1.54) is 24.5 Å². The normalized spacial score (nSPS) is 16.9. The summed E-state index contributed by atoms with van der Waals surface area (Å²) in [4.78, 5) is 67.3. The van der Waals surface area contributed by atoms with Crippen LogP contribution in [0.15, 0.2) is 54.9 Å². The Morgan fingerprint density at radius 3 is 2.49 bits per heavy atom. The van der Waals surface area contributed by atoms with Gasteiger partial charge in [0.2, 0.25) is 17.7 Å². The molecule has 41 heavy (non-hydrogen) atoms. The summed E-state index contributed by atoms with van der Waals surface area (Å²) in [7, 11) is 0. The van der Waals surface area contributed by atoms with Gasteiger partial charge in [-0.3, -0.25) is 29.0 Å². The molecule has 4 atom stereocenters. The number of ketones is 1. The van der Waals surface area contributed by atoms with Gasteiger partial charge >= 0.3 is 5.97 Å². The second-order valence-electron chi connectivity index (χ2n) is 10.0. The summed E-state index contributed by atoms with van der Waals surface area (Å²) in [5, 5.41) is 18.8. The first kappa shape index (κ1) is 31.4. The third-order valence-electron chi connectivity index (χ3n) is 6.92. The van der Waals surface area contributed by atoms with Crippen molar-refractivity contribution in [2.24, 2.45) is 5.92 Å². The van der Waals surface area contributed by atoms with Gasteiger partial charge in [-0.2, -0.15) is 0 Å². The molecular formula is C30H38N4O7. The Hall–Kier alpha value is -4.12. The van der Waals surface area contributed by atoms with E-state index in [1.54, 1.807) is 31.2 Å². The molecule has 1 fully saturated rings. The van der Waals surface area contributed by atoms with Gasteiger partial charge in [0.1, 0.15) is 12.1 Å². The molecule has 0 bridgehead atoms. The average molecular weight is 567 g/mol. The lowest BCUT2D eigenvalue weighted by Crippen LogP contribution is -2.53. The molecule has 2 heterocycles. The van der Waals surface area contributed by atoms with Crippen molar-refractivity contribution < 1.29 is 33.8 Å². The van der Waals surface area contributed by atoms with Gasteiger partial charge in [0, 0.05) is 55.7 Å². The topological polar surface area (TPSA) is 164 Å². The van der Waals surface area contributed by atoms with E-state index in [-0.39, 0.29) is 37.7 Å². The van der Waals surface area contributed by atoms with Crippen LogP contribution >= 0.6 is 0 Å². The van der Waals surface area contributed by atoms with Gasteiger partial charge < -0.3 is 25.8 Å². The number of ether oxygens (including phenoxy) is 1. The number of pyridine rings is 1. The maximum Gasteiger partial charge on any atom is 0.305 e. The number of aliphatic hydroxyl groups excluding tert-OH is 1. The zero-order valence-corrected chi connectivity index (χ0v) is 23.2. The molecule has 4 N–H and O–H groups in total. The van der Waals surface area contributed by atoms with Crippen LogP contribution in [0.25, 0.3) is 0 Å². The first-order valence-corrected chi connectivity index (χ1v) is 14.0. The molecule has 220 valence electrons. The standard InChI is InChI=1S/C30H38N4O7/c1-2-41-27(37)11-10-23(18-22-9-6-14-32-28(22)38)33-29(39)24(17-20-7-4-3-5-8-20)34-30(40)26(36)19-25(35)21-12-15-31-16-13-21/h3-5,7-8,12-13,15-16,22-24,26,36H,2,6,9-11,14,17-19H2,1H3,(H,32,38)(H,33,39)(H,34,40)/t22-,23+,24-,26?/m0/s1. The monoisotopic (exact) mass is 566 g/mol. The summed E-state index contributed by atoms with van der Waals surface area (Å²) >= 11 is 0. The summed E-state index contributed by atoms with van der Waals surface area (Å²) in [6.07, 6.45) is 2.98. The summed E-state index contributed by atoms with van der Waals surface area (Å²) in [6, 6.07) is 10.4. The zero-order chi connectivity index (χ0) is 29.6. The largest absolute Gasteiger partial charge is 0.466 e. The maximum absolute atomic E-state index is 13.6. The van der Waals surface area contributed by atoms with Gasteiger partial charge in [-0.1, -0.05) is 30.3 Å². The van der Waals surface area contributed by atoms with Crippen LogP contribution in [0.2, 0.25) is 0 Å². The van der Waals surface area contributed by atoms with Crippen molar-refractivity contribution in [1.29, 1.82) is 0 Å². The number of esters is 1. The molecule has 11 heteroatoms. The molecule has 0 aliphatic carbocycles. The molecule has 3 rings (SSSR count). The number of amides is 3. The minimum absolute atomic E-state index is 0.0542. The number of hydrogen-bond donors (Lipinski definition) is 4. The highest BCUT2D eigenvalue weighted by atomic mass is 16.5. The zero-order valence-electron chi connectivity index (χ0n) is 23.2. The molecule has 0 spiro atoms. The molecule has 1 saturated heterocycles. The summed E-state index contributed by atoms with van der Waals surface area (Å²) in [5.74, 6) is -2.65. The smallest absolute Gasteiger partial charge is 0.305 e. The molecule has 1 aromatic heterocycles. The van der Waals surface area contributed by atoms with Crippen LogP contribution < -0.4 is 16.0 Å². The molecule has 3 amide bonds. The molecule has 1 unspecified atom stereocenters. The number of benzene rings is 1. The van der Waals surface area contributed by atoms with E-state index in [9.17, 15) is 29.1 Å². The Kier molecular flexibility index (Phi) is 12.4. The van der Waals surface area contributed by atoms with Crippen molar-refractivity contribution in [3.63, 3.8) is 0 Å². The van der Waals surface area contributed by atoms with Gasteiger partial charge in [-0.25, -0.2) is 0 Å². The lowest BCUT2D eigenvalue weighted by Gasteiger charge is -2.28. The van der Waals surface area contributed by atoms with Crippen LogP contribution in [0.4, 0.5) is 0 Å². The number of hydrogen-bond acceptors (Lipinski definition) is 8. The Morgan fingerprint density at radius 2 is 1.80 bits per heavy atom. The summed E-state index contributed by atoms with van der Waals surface area (Å²) in [5.41, 5.74) is 1.08. The van der Waals surface area contributed by atoms with Crippen LogP contribution in [0.1, 0.15) is 61.4 Å². The van der Waals surface area contributed by atoms with Crippen molar-refractivity contribution >= 4 is 29.5 Å². The molecule has 0 saturated carbocycles. The Morgan fingerprint density at radius 1 is 1.07 bits per heavy atom. The SMILES string of the molecule is CCOC(=O)CC[C@H](C[C@@H]1CCCNC1=O)NC(=O)[C@H](Cc1ccccc1)NC(=O)C(O)CC(=O)c1ccncc1. The van der Waals surface area contributed by atoms with E-state index < -0.39 is 48.2 Å². The summed E-state index contributed by atoms with van der Waals surface area (Å²) in [6.45, 7) is 2.55. The maximum atomic E-state index is 13.6. The lowest BCUT2D eigenvalue weighted by atomic mass is 9.89. The number of carbonyl (C=O) groups is 5. The quantitative estimate of drug-likeness (QED) is 0.186. The number of nitrogens with one attached hydrogen (secondary N) is 3. The number of aromatic nitrogens is 1. The van der Waals surface area contributed by atoms with Gasteiger partial charge in [0.05, 0.1) is 6.61 Å². The molecule has 1 aliphatic rings. The van der Waals surface area contributed by atoms with Gasteiger partial charge in [-0.15, -0.1) is 0 Å². The second kappa shape index (κ2) is 16.2. The fraction of sp³-hybridized carbons (Fsp3) is 0.467. The van der Waals surface area contributed by atoms with Crippen molar-refractivity contribution in [2.45, 2.75) is 70.1 Å². The minimum atomic E-state index is -1.67. The van der Waals surface area contributed by atoms with Crippen molar-refractivity contribution in [3.05, 3.63) is 66.0 Å². The number of carbonyl (C=O) groups excluding carboxylic acids is 5. The number of Topliss-reactive ketones (excluding diaryl/α,β-unsaturated/α-hetero) is 1. The highest BCUT2D eigenvalue weighted by Crippen LogP contribution is 2.20. The average Bonchev–Trinajstić information content (AvgIpc) is 2.97. The van der Waals surface area contributed by atoms with E-state index in [0.29, 0.717) is 24.9 Å². The first-order chi connectivity index (χ1) is 19.8. The fourth-order valence-corrected chi connectivity index (χ4v) is 4.73. The number of aliphatic hydroxyl groups is 1. The number of nitrogens with zero attached hydrogens (tertiary/aromatic N) is 1. The van der Waals surface area contributed by atoms with Gasteiger partial charge in [0.15, 0.2) is 5.78 Å². The van der Waals surface area contributed by atoms with E-state index in [1.807, 2.05) is 6.07 Å². The van der Waals surface area contributed by atoms with Crippen LogP contribution in [0.3, 0.4) is 0 Å². The molecule has 1 aliphatic heterocycles. The fourth-order valence-electron chi connectivity index (χ4n) is 4.73. The van der Waals surface area contributed by atoms with E-state index in [4.69, 9.17) is 4.74 Å². The van der Waals surface area contributed by atoms with E-state index >= 15 is 0 Å². The number of piperidine rings is 1. The van der Waals surface area contributed by atoms with Crippen LogP contribution in [-0.4, -0.2) is 70.9 Å². The highest BCUT2D eigenvalue weighted by molar-refractivity contribution is 5.99. The first-order valence-electron chi connectivity index (χ1n) is 14.0. The van der Waals surface area contributed by atoms with Crippen LogP contribution in [-0.2, 0) is 30.3 Å². The third kappa shape index (κ3) is 10.4. The third-order valence-corrected chi connectivity index (χ3v) is 6.92. The lowest BCUT2D eigenvalue weighted by molar-refractivity contribution is -0.143. The second-order valence-corrected chi connectivity index (χ2v) is 10.0. The molecular weight excluding hydrogens is 528 g/mol. The Balaban J connectivity index is 1.72. The predicted octanol–water partition coefficient (Wildman–Crippen LogP) is 1.49. The summed E-state index contributed by atoms with van der Waals surface area (Å²) < 4.78 is 5.03. The van der Waals surface area contributed by atoms with Gasteiger partial charge in [-0.05, 0) is 50.3 Å².